The summed E-state index contributed by atoms with van der Waals surface area (Å²) < 4.78 is 0. The Morgan fingerprint density at radius 2 is 2.25 bits per heavy atom. The second-order valence-electron chi connectivity index (χ2n) is 5.34. The highest BCUT2D eigenvalue weighted by Crippen LogP contribution is 2.26. The minimum atomic E-state index is -0.734. The third kappa shape index (κ3) is 3.19. The van der Waals surface area contributed by atoms with E-state index in [2.05, 4.69) is 5.32 Å². The Kier molecular flexibility index (Phi) is 4.45. The van der Waals surface area contributed by atoms with Gasteiger partial charge in [-0.25, -0.2) is 0 Å². The highest BCUT2D eigenvalue weighted by Gasteiger charge is 2.43. The summed E-state index contributed by atoms with van der Waals surface area (Å²) in [6.45, 7) is 4.40. The molecule has 1 aromatic heterocycles. The number of carbonyl (C=O) groups excluding carboxylic acids is 2. The van der Waals surface area contributed by atoms with Gasteiger partial charge in [0.05, 0.1) is 23.6 Å². The van der Waals surface area contributed by atoms with Crippen molar-refractivity contribution in [3.63, 3.8) is 0 Å². The van der Waals surface area contributed by atoms with Gasteiger partial charge >= 0.3 is 0 Å². The van der Waals surface area contributed by atoms with Crippen LogP contribution in [0.15, 0.2) is 17.5 Å². The highest BCUT2D eigenvalue weighted by atomic mass is 32.1. The summed E-state index contributed by atoms with van der Waals surface area (Å²) in [6, 6.07) is 2.95. The number of thiophene rings is 1. The number of nitrogens with one attached hydrogen (secondary N) is 1. The van der Waals surface area contributed by atoms with Crippen LogP contribution in [-0.4, -0.2) is 46.6 Å². The number of rotatable bonds is 5. The lowest BCUT2D eigenvalue weighted by atomic mass is 9.89. The van der Waals surface area contributed by atoms with Gasteiger partial charge in [0, 0.05) is 0 Å². The maximum Gasteiger partial charge on any atom is 0.261 e. The van der Waals surface area contributed by atoms with E-state index < -0.39 is 11.6 Å². The van der Waals surface area contributed by atoms with Crippen molar-refractivity contribution >= 4 is 23.2 Å². The zero-order valence-electron chi connectivity index (χ0n) is 11.8. The third-order valence-corrected chi connectivity index (χ3v) is 4.33. The second-order valence-corrected chi connectivity index (χ2v) is 6.29. The van der Waals surface area contributed by atoms with Crippen LogP contribution >= 0.6 is 11.3 Å². The highest BCUT2D eigenvalue weighted by molar-refractivity contribution is 7.12. The van der Waals surface area contributed by atoms with E-state index in [4.69, 9.17) is 0 Å². The molecule has 5 nitrogen and oxygen atoms in total. The molecule has 2 N–H and O–H groups in total. The van der Waals surface area contributed by atoms with Gasteiger partial charge in [0.1, 0.15) is 6.04 Å². The van der Waals surface area contributed by atoms with Gasteiger partial charge in [-0.2, -0.15) is 0 Å². The molecule has 0 aromatic carbocycles. The number of hydrogen-bond donors (Lipinski definition) is 2. The molecule has 1 aliphatic heterocycles. The fourth-order valence-electron chi connectivity index (χ4n) is 2.45. The van der Waals surface area contributed by atoms with Crippen LogP contribution in [0.25, 0.3) is 0 Å². The van der Waals surface area contributed by atoms with Crippen LogP contribution in [0.2, 0.25) is 0 Å². The van der Waals surface area contributed by atoms with Crippen molar-refractivity contribution in [3.05, 3.63) is 22.4 Å². The van der Waals surface area contributed by atoms with Crippen LogP contribution in [0.5, 0.6) is 0 Å². The van der Waals surface area contributed by atoms with Crippen LogP contribution < -0.4 is 5.32 Å². The molecular weight excluding hydrogens is 276 g/mol. The van der Waals surface area contributed by atoms with Gasteiger partial charge in [-0.15, -0.1) is 11.3 Å². The van der Waals surface area contributed by atoms with E-state index in [1.54, 1.807) is 24.0 Å². The zero-order chi connectivity index (χ0) is 14.8. The molecule has 1 fully saturated rings. The van der Waals surface area contributed by atoms with Gasteiger partial charge in [0.2, 0.25) is 5.91 Å². The molecular formula is C14H20N2O3S. The SMILES string of the molecule is CCCC1(O)CN(C(=O)C(C)NC(=O)c2cccs2)C1. The van der Waals surface area contributed by atoms with Crippen molar-refractivity contribution < 1.29 is 14.7 Å². The largest absolute Gasteiger partial charge is 0.386 e. The standard InChI is InChI=1S/C14H20N2O3S/c1-3-6-14(19)8-16(9-14)13(18)10(2)15-12(17)11-5-4-7-20-11/h4-5,7,10,19H,3,6,8-9H2,1-2H3,(H,15,17). The Bertz CT molecular complexity index is 481. The molecule has 20 heavy (non-hydrogen) atoms. The van der Waals surface area contributed by atoms with Crippen LogP contribution in [0.1, 0.15) is 36.4 Å². The summed E-state index contributed by atoms with van der Waals surface area (Å²) in [7, 11) is 0. The normalized spacial score (nSPS) is 18.2. The first-order valence-electron chi connectivity index (χ1n) is 6.81. The van der Waals surface area contributed by atoms with Gasteiger partial charge < -0.3 is 15.3 Å². The van der Waals surface area contributed by atoms with Gasteiger partial charge in [0.25, 0.3) is 5.91 Å². The minimum Gasteiger partial charge on any atom is -0.386 e. The fraction of sp³-hybridized carbons (Fsp3) is 0.571. The Morgan fingerprint density at radius 3 is 2.80 bits per heavy atom. The lowest BCUT2D eigenvalue weighted by Gasteiger charge is -2.47. The van der Waals surface area contributed by atoms with E-state index in [1.165, 1.54) is 11.3 Å². The summed E-state index contributed by atoms with van der Waals surface area (Å²) in [5.41, 5.74) is -0.734. The lowest BCUT2D eigenvalue weighted by Crippen LogP contribution is -2.66. The van der Waals surface area contributed by atoms with E-state index in [0.717, 1.165) is 6.42 Å². The molecule has 1 aliphatic rings. The summed E-state index contributed by atoms with van der Waals surface area (Å²) in [4.78, 5) is 26.2. The number of β-amino-alcohol motifs (C(OH)–C–C–N with tert-alkyl or cyclic N) is 1. The molecule has 2 rings (SSSR count). The number of carbonyl (C=O) groups is 2. The van der Waals surface area contributed by atoms with Gasteiger partial charge in [-0.05, 0) is 24.8 Å². The van der Waals surface area contributed by atoms with Crippen molar-refractivity contribution in [2.75, 3.05) is 13.1 Å². The third-order valence-electron chi connectivity index (χ3n) is 3.46. The fourth-order valence-corrected chi connectivity index (χ4v) is 3.08. The van der Waals surface area contributed by atoms with Crippen LogP contribution in [0, 0.1) is 0 Å². The number of amides is 2. The summed E-state index contributed by atoms with van der Waals surface area (Å²) >= 11 is 1.34. The first kappa shape index (κ1) is 15.0. The summed E-state index contributed by atoms with van der Waals surface area (Å²) in [6.07, 6.45) is 1.59. The van der Waals surface area contributed by atoms with E-state index in [1.807, 2.05) is 12.3 Å². The number of hydrogen-bond acceptors (Lipinski definition) is 4. The number of nitrogens with zero attached hydrogens (tertiary/aromatic N) is 1. The predicted molar refractivity (Wildman–Crippen MR) is 77.7 cm³/mol. The monoisotopic (exact) mass is 296 g/mol. The van der Waals surface area contributed by atoms with E-state index in [9.17, 15) is 14.7 Å². The average Bonchev–Trinajstić information content (AvgIpc) is 2.88. The molecule has 1 saturated heterocycles. The molecule has 1 atom stereocenters. The molecule has 0 aliphatic carbocycles. The maximum absolute atomic E-state index is 12.1. The zero-order valence-corrected chi connectivity index (χ0v) is 12.6. The first-order chi connectivity index (χ1) is 9.45. The molecule has 2 amide bonds. The molecule has 1 unspecified atom stereocenters. The number of aliphatic hydroxyl groups is 1. The van der Waals surface area contributed by atoms with Crippen molar-refractivity contribution in [2.24, 2.45) is 0 Å². The Morgan fingerprint density at radius 1 is 1.55 bits per heavy atom. The van der Waals surface area contributed by atoms with Gasteiger partial charge in [-0.1, -0.05) is 19.4 Å². The Balaban J connectivity index is 1.83. The molecule has 0 spiro atoms. The lowest BCUT2D eigenvalue weighted by molar-refractivity contribution is -0.158. The first-order valence-corrected chi connectivity index (χ1v) is 7.69. The van der Waals surface area contributed by atoms with E-state index in [0.29, 0.717) is 24.4 Å². The van der Waals surface area contributed by atoms with Crippen molar-refractivity contribution in [1.82, 2.24) is 10.2 Å². The van der Waals surface area contributed by atoms with Crippen LogP contribution in [0.4, 0.5) is 0 Å². The van der Waals surface area contributed by atoms with Crippen LogP contribution in [-0.2, 0) is 4.79 Å². The Hall–Kier alpha value is -1.40. The van der Waals surface area contributed by atoms with Crippen molar-refractivity contribution in [3.8, 4) is 0 Å². The van der Waals surface area contributed by atoms with Crippen molar-refractivity contribution in [2.45, 2.75) is 38.3 Å². The second kappa shape index (κ2) is 5.93. The summed E-state index contributed by atoms with van der Waals surface area (Å²) in [5, 5.41) is 14.6. The van der Waals surface area contributed by atoms with Crippen molar-refractivity contribution in [1.29, 1.82) is 0 Å². The molecule has 2 heterocycles. The smallest absolute Gasteiger partial charge is 0.261 e. The topological polar surface area (TPSA) is 69.6 Å². The van der Waals surface area contributed by atoms with Gasteiger partial charge in [0.15, 0.2) is 0 Å². The average molecular weight is 296 g/mol. The predicted octanol–water partition coefficient (Wildman–Crippen LogP) is 1.24. The minimum absolute atomic E-state index is 0.143. The Labute approximate surface area is 122 Å². The quantitative estimate of drug-likeness (QED) is 0.859. The molecule has 0 radical (unpaired) electrons. The van der Waals surface area contributed by atoms with E-state index in [-0.39, 0.29) is 11.8 Å². The van der Waals surface area contributed by atoms with Gasteiger partial charge in [-0.3, -0.25) is 9.59 Å². The molecule has 0 bridgehead atoms. The summed E-state index contributed by atoms with van der Waals surface area (Å²) in [5.74, 6) is -0.374. The van der Waals surface area contributed by atoms with E-state index >= 15 is 0 Å². The molecule has 0 saturated carbocycles. The van der Waals surface area contributed by atoms with Crippen LogP contribution in [0.3, 0.4) is 0 Å². The molecule has 110 valence electrons. The maximum atomic E-state index is 12.1. The molecule has 6 heteroatoms. The molecule has 1 aromatic rings. The number of likely N-dealkylation sites (tertiary alicyclic amines) is 1.